The van der Waals surface area contributed by atoms with Gasteiger partial charge < -0.3 is 42.1 Å². The van der Waals surface area contributed by atoms with Crippen LogP contribution in [0.4, 0.5) is 0 Å². The number of hydrogen-bond donors (Lipinski definition) is 8. The fourth-order valence-corrected chi connectivity index (χ4v) is 2.13. The van der Waals surface area contributed by atoms with Crippen LogP contribution in [-0.4, -0.2) is 87.5 Å². The first-order valence-electron chi connectivity index (χ1n) is 8.77. The number of nitrogens with two attached hydrogens (primary N) is 1. The Labute approximate surface area is 166 Å². The Bertz CT molecular complexity index is 611. The fraction of sp³-hybridized carbons (Fsp3) is 0.688. The van der Waals surface area contributed by atoms with Crippen LogP contribution in [0, 0.1) is 5.92 Å². The molecule has 3 amide bonds. The Morgan fingerprint density at radius 3 is 1.76 bits per heavy atom. The van der Waals surface area contributed by atoms with Crippen molar-refractivity contribution < 1.29 is 44.4 Å². The molecule has 9 N–H and O–H groups in total. The quantitative estimate of drug-likeness (QED) is 0.146. The molecule has 0 aliphatic carbocycles. The minimum atomic E-state index is -1.54. The summed E-state index contributed by atoms with van der Waals surface area (Å²) >= 11 is 0. The summed E-state index contributed by atoms with van der Waals surface area (Å²) in [4.78, 5) is 58.4. The molecular weight excluding hydrogens is 392 g/mol. The van der Waals surface area contributed by atoms with Crippen LogP contribution in [0.25, 0.3) is 0 Å². The van der Waals surface area contributed by atoms with Crippen molar-refractivity contribution in [2.24, 2.45) is 11.7 Å². The predicted octanol–water partition coefficient (Wildman–Crippen LogP) is -3.64. The molecule has 13 heteroatoms. The van der Waals surface area contributed by atoms with Crippen molar-refractivity contribution in [2.75, 3.05) is 13.2 Å². The summed E-state index contributed by atoms with van der Waals surface area (Å²) in [5, 5.41) is 42.6. The number of aliphatic carboxylic acids is 2. The van der Waals surface area contributed by atoms with Gasteiger partial charge in [0, 0.05) is 6.42 Å². The summed E-state index contributed by atoms with van der Waals surface area (Å²) in [6.07, 6.45) is -0.855. The van der Waals surface area contributed by atoms with Gasteiger partial charge in [0.05, 0.1) is 13.2 Å². The number of aliphatic hydroxyl groups excluding tert-OH is 2. The van der Waals surface area contributed by atoms with Crippen LogP contribution in [0.2, 0.25) is 0 Å². The Morgan fingerprint density at radius 1 is 0.828 bits per heavy atom. The molecule has 29 heavy (non-hydrogen) atoms. The van der Waals surface area contributed by atoms with E-state index in [9.17, 15) is 29.1 Å². The summed E-state index contributed by atoms with van der Waals surface area (Å²) in [5.41, 5.74) is 5.34. The van der Waals surface area contributed by atoms with E-state index in [1.165, 1.54) is 0 Å². The maximum atomic E-state index is 12.4. The van der Waals surface area contributed by atoms with Crippen LogP contribution in [0.3, 0.4) is 0 Å². The minimum absolute atomic E-state index is 0.353. The van der Waals surface area contributed by atoms with Crippen LogP contribution < -0.4 is 21.7 Å². The molecule has 0 aromatic rings. The lowest BCUT2D eigenvalue weighted by molar-refractivity contribution is -0.143. The van der Waals surface area contributed by atoms with Gasteiger partial charge in [0.2, 0.25) is 17.7 Å². The predicted molar refractivity (Wildman–Crippen MR) is 97.3 cm³/mol. The second-order valence-electron chi connectivity index (χ2n) is 6.59. The largest absolute Gasteiger partial charge is 0.481 e. The Hall–Kier alpha value is -2.77. The number of rotatable bonds is 13. The van der Waals surface area contributed by atoms with Gasteiger partial charge in [-0.2, -0.15) is 0 Å². The first kappa shape index (κ1) is 26.2. The van der Waals surface area contributed by atoms with Crippen molar-refractivity contribution >= 4 is 29.7 Å². The molecule has 4 unspecified atom stereocenters. The van der Waals surface area contributed by atoms with E-state index in [0.29, 0.717) is 0 Å². The maximum Gasteiger partial charge on any atom is 0.326 e. The standard InChI is InChI=1S/C16H28N4O9/c1-7(2)12(16(28)29)20-15(27)10(6-22)19-14(26)9(3-4-11(23)24)18-13(25)8(17)5-21/h7-10,12,21-22H,3-6,17H2,1-2H3,(H,18,25)(H,19,26)(H,20,27)(H,23,24)(H,28,29). The van der Waals surface area contributed by atoms with Crippen molar-refractivity contribution in [3.05, 3.63) is 0 Å². The second kappa shape index (κ2) is 12.6. The number of carbonyl (C=O) groups excluding carboxylic acids is 3. The van der Waals surface area contributed by atoms with E-state index in [1.54, 1.807) is 13.8 Å². The van der Waals surface area contributed by atoms with Crippen molar-refractivity contribution in [1.29, 1.82) is 0 Å². The third kappa shape index (κ3) is 9.32. The average Bonchev–Trinajstić information content (AvgIpc) is 2.65. The van der Waals surface area contributed by atoms with E-state index in [2.05, 4.69) is 16.0 Å². The minimum Gasteiger partial charge on any atom is -0.481 e. The summed E-state index contributed by atoms with van der Waals surface area (Å²) in [5.74, 6) is -5.92. The molecule has 0 saturated carbocycles. The molecule has 0 radical (unpaired) electrons. The summed E-state index contributed by atoms with van der Waals surface area (Å²) < 4.78 is 0. The summed E-state index contributed by atoms with van der Waals surface area (Å²) in [6, 6.07) is -5.58. The van der Waals surface area contributed by atoms with E-state index in [4.69, 9.17) is 21.1 Å². The zero-order valence-electron chi connectivity index (χ0n) is 16.1. The number of aliphatic hydroxyl groups is 2. The number of carboxylic acids is 2. The van der Waals surface area contributed by atoms with E-state index >= 15 is 0 Å². The van der Waals surface area contributed by atoms with Crippen LogP contribution in [0.1, 0.15) is 26.7 Å². The highest BCUT2D eigenvalue weighted by atomic mass is 16.4. The molecule has 0 aromatic carbocycles. The number of hydrogen-bond acceptors (Lipinski definition) is 8. The van der Waals surface area contributed by atoms with E-state index in [1.807, 2.05) is 0 Å². The Kier molecular flexibility index (Phi) is 11.4. The zero-order chi connectivity index (χ0) is 22.7. The van der Waals surface area contributed by atoms with Crippen LogP contribution >= 0.6 is 0 Å². The molecule has 13 nitrogen and oxygen atoms in total. The molecule has 0 spiro atoms. The topological polar surface area (TPSA) is 228 Å². The summed E-state index contributed by atoms with van der Waals surface area (Å²) in [6.45, 7) is 1.51. The first-order chi connectivity index (χ1) is 13.4. The Balaban J connectivity index is 5.24. The zero-order valence-corrected chi connectivity index (χ0v) is 16.1. The van der Waals surface area contributed by atoms with Gasteiger partial charge >= 0.3 is 11.9 Å². The van der Waals surface area contributed by atoms with Gasteiger partial charge in [0.25, 0.3) is 0 Å². The molecular formula is C16H28N4O9. The molecule has 0 heterocycles. The average molecular weight is 420 g/mol. The number of carboxylic acid groups (broad SMARTS) is 2. The lowest BCUT2D eigenvalue weighted by Crippen LogP contribution is -2.58. The highest BCUT2D eigenvalue weighted by molar-refractivity contribution is 5.94. The molecule has 4 atom stereocenters. The molecule has 0 aromatic heterocycles. The van der Waals surface area contributed by atoms with Crippen molar-refractivity contribution in [2.45, 2.75) is 50.9 Å². The molecule has 0 fully saturated rings. The van der Waals surface area contributed by atoms with Crippen LogP contribution in [-0.2, 0) is 24.0 Å². The van der Waals surface area contributed by atoms with Gasteiger partial charge in [0.1, 0.15) is 24.2 Å². The van der Waals surface area contributed by atoms with Gasteiger partial charge in [-0.1, -0.05) is 13.8 Å². The molecule has 0 aliphatic rings. The lowest BCUT2D eigenvalue weighted by atomic mass is 10.0. The van der Waals surface area contributed by atoms with Crippen molar-refractivity contribution in [3.63, 3.8) is 0 Å². The smallest absolute Gasteiger partial charge is 0.326 e. The third-order valence-corrected chi connectivity index (χ3v) is 3.86. The molecule has 0 rings (SSSR count). The monoisotopic (exact) mass is 420 g/mol. The summed E-state index contributed by atoms with van der Waals surface area (Å²) in [7, 11) is 0. The Morgan fingerprint density at radius 2 is 1.34 bits per heavy atom. The van der Waals surface area contributed by atoms with Crippen molar-refractivity contribution in [1.82, 2.24) is 16.0 Å². The normalized spacial score (nSPS) is 15.0. The van der Waals surface area contributed by atoms with Gasteiger partial charge in [-0.25, -0.2) is 4.79 Å². The molecule has 0 aliphatic heterocycles. The van der Waals surface area contributed by atoms with Crippen LogP contribution in [0.5, 0.6) is 0 Å². The van der Waals surface area contributed by atoms with Gasteiger partial charge in [-0.3, -0.25) is 19.2 Å². The highest BCUT2D eigenvalue weighted by Crippen LogP contribution is 2.04. The van der Waals surface area contributed by atoms with Gasteiger partial charge in [0.15, 0.2) is 0 Å². The van der Waals surface area contributed by atoms with E-state index in [-0.39, 0.29) is 6.42 Å². The highest BCUT2D eigenvalue weighted by Gasteiger charge is 2.31. The van der Waals surface area contributed by atoms with Gasteiger partial charge in [-0.15, -0.1) is 0 Å². The molecule has 0 saturated heterocycles. The number of carbonyl (C=O) groups is 5. The first-order valence-corrected chi connectivity index (χ1v) is 8.77. The fourth-order valence-electron chi connectivity index (χ4n) is 2.13. The van der Waals surface area contributed by atoms with Gasteiger partial charge in [-0.05, 0) is 12.3 Å². The molecule has 0 bridgehead atoms. The number of nitrogens with one attached hydrogen (secondary N) is 3. The van der Waals surface area contributed by atoms with E-state index < -0.39 is 79.4 Å². The molecule has 166 valence electrons. The maximum absolute atomic E-state index is 12.4. The second-order valence-corrected chi connectivity index (χ2v) is 6.59. The van der Waals surface area contributed by atoms with E-state index in [0.717, 1.165) is 0 Å². The lowest BCUT2D eigenvalue weighted by Gasteiger charge is -2.24. The SMILES string of the molecule is CC(C)C(NC(=O)C(CO)NC(=O)C(CCC(=O)O)NC(=O)C(N)CO)C(=O)O. The third-order valence-electron chi connectivity index (χ3n) is 3.86. The van der Waals surface area contributed by atoms with Crippen LogP contribution in [0.15, 0.2) is 0 Å². The number of amides is 3. The van der Waals surface area contributed by atoms with Crippen molar-refractivity contribution in [3.8, 4) is 0 Å².